The maximum absolute atomic E-state index is 12.2. The number of benzene rings is 1. The van der Waals surface area contributed by atoms with Crippen LogP contribution in [0.1, 0.15) is 26.4 Å². The van der Waals surface area contributed by atoms with Crippen molar-refractivity contribution in [3.05, 3.63) is 57.5 Å². The fourth-order valence-electron chi connectivity index (χ4n) is 2.05. The van der Waals surface area contributed by atoms with E-state index in [0.717, 1.165) is 4.90 Å². The molecule has 6 heteroatoms. The van der Waals surface area contributed by atoms with Crippen LogP contribution in [0.15, 0.2) is 35.1 Å². The summed E-state index contributed by atoms with van der Waals surface area (Å²) in [7, 11) is 0. The van der Waals surface area contributed by atoms with E-state index in [-0.39, 0.29) is 5.95 Å². The molecule has 1 aromatic heterocycles. The molecule has 6 nitrogen and oxygen atoms in total. The first-order valence-corrected chi connectivity index (χ1v) is 5.64. The highest BCUT2D eigenvalue weighted by molar-refractivity contribution is 6.33. The number of hydrogen-bond donors (Lipinski definition) is 1. The number of anilines is 1. The number of amides is 2. The molecule has 0 bridgehead atoms. The molecule has 2 amide bonds. The van der Waals surface area contributed by atoms with Crippen LogP contribution in [0.5, 0.6) is 0 Å². The highest BCUT2D eigenvalue weighted by Crippen LogP contribution is 2.25. The number of carbonyl (C=O) groups excluding carboxylic acids is 2. The number of fused-ring (bicyclic) bond motifs is 1. The standard InChI is InChI=1S/C13H9N3O3/c1-7-6-10(17)15-13(14-7)16-11(18)8-4-2-3-5-9(8)12(16)19/h2-6H,1H3,(H,14,15,17). The zero-order valence-electron chi connectivity index (χ0n) is 10.0. The molecule has 0 saturated heterocycles. The molecule has 1 N–H and O–H groups in total. The summed E-state index contributed by atoms with van der Waals surface area (Å²) in [5.41, 5.74) is 0.669. The van der Waals surface area contributed by atoms with Gasteiger partial charge in [0.15, 0.2) is 0 Å². The summed E-state index contributed by atoms with van der Waals surface area (Å²) in [4.78, 5) is 43.1. The summed E-state index contributed by atoms with van der Waals surface area (Å²) in [6.07, 6.45) is 0. The third-order valence-electron chi connectivity index (χ3n) is 2.86. The van der Waals surface area contributed by atoms with Crippen LogP contribution in [0.3, 0.4) is 0 Å². The van der Waals surface area contributed by atoms with E-state index in [1.54, 1.807) is 31.2 Å². The van der Waals surface area contributed by atoms with Gasteiger partial charge in [-0.3, -0.25) is 19.4 Å². The van der Waals surface area contributed by atoms with Crippen molar-refractivity contribution >= 4 is 17.8 Å². The van der Waals surface area contributed by atoms with Crippen molar-refractivity contribution in [1.29, 1.82) is 0 Å². The molecule has 0 spiro atoms. The highest BCUT2D eigenvalue weighted by Gasteiger charge is 2.37. The fraction of sp³-hybridized carbons (Fsp3) is 0.0769. The van der Waals surface area contributed by atoms with E-state index >= 15 is 0 Å². The van der Waals surface area contributed by atoms with Gasteiger partial charge in [-0.25, -0.2) is 9.88 Å². The molecule has 0 radical (unpaired) electrons. The predicted molar refractivity (Wildman–Crippen MR) is 67.2 cm³/mol. The number of carbonyl (C=O) groups is 2. The van der Waals surface area contributed by atoms with Gasteiger partial charge in [-0.2, -0.15) is 0 Å². The van der Waals surface area contributed by atoms with E-state index in [2.05, 4.69) is 9.97 Å². The minimum atomic E-state index is -0.477. The smallest absolute Gasteiger partial charge is 0.268 e. The Hall–Kier alpha value is -2.76. The van der Waals surface area contributed by atoms with Crippen LogP contribution in [0.25, 0.3) is 0 Å². The number of aryl methyl sites for hydroxylation is 1. The number of imide groups is 1. The van der Waals surface area contributed by atoms with Crippen molar-refractivity contribution in [1.82, 2.24) is 9.97 Å². The van der Waals surface area contributed by atoms with Crippen LogP contribution in [0, 0.1) is 6.92 Å². The van der Waals surface area contributed by atoms with Gasteiger partial charge in [-0.1, -0.05) is 12.1 Å². The second-order valence-corrected chi connectivity index (χ2v) is 4.20. The van der Waals surface area contributed by atoms with Gasteiger partial charge in [-0.15, -0.1) is 0 Å². The normalized spacial score (nSPS) is 13.8. The Morgan fingerprint density at radius 1 is 1.05 bits per heavy atom. The van der Waals surface area contributed by atoms with E-state index in [1.807, 2.05) is 0 Å². The summed E-state index contributed by atoms with van der Waals surface area (Å²) in [6, 6.07) is 7.80. The molecule has 0 aliphatic carbocycles. The van der Waals surface area contributed by atoms with Crippen molar-refractivity contribution in [3.63, 3.8) is 0 Å². The SMILES string of the molecule is Cc1cc(=O)[nH]c(N2C(=O)c3ccccc3C2=O)n1. The molecule has 0 saturated carbocycles. The van der Waals surface area contributed by atoms with E-state index in [0.29, 0.717) is 16.8 Å². The van der Waals surface area contributed by atoms with Gasteiger partial charge in [-0.05, 0) is 19.1 Å². The number of hydrogen-bond acceptors (Lipinski definition) is 4. The summed E-state index contributed by atoms with van der Waals surface area (Å²) in [5.74, 6) is -1.00. The van der Waals surface area contributed by atoms with E-state index in [4.69, 9.17) is 0 Å². The fourth-order valence-corrected chi connectivity index (χ4v) is 2.05. The lowest BCUT2D eigenvalue weighted by Gasteiger charge is -2.11. The van der Waals surface area contributed by atoms with Gasteiger partial charge < -0.3 is 0 Å². The second-order valence-electron chi connectivity index (χ2n) is 4.20. The first-order valence-electron chi connectivity index (χ1n) is 5.64. The molecule has 1 aromatic carbocycles. The molecule has 3 rings (SSSR count). The lowest BCUT2D eigenvalue weighted by atomic mass is 10.1. The summed E-state index contributed by atoms with van der Waals surface area (Å²) in [5, 5.41) is 0. The Bertz CT molecular complexity index is 729. The van der Waals surface area contributed by atoms with Gasteiger partial charge in [0, 0.05) is 11.8 Å². The third kappa shape index (κ3) is 1.65. The molecule has 1 aliphatic heterocycles. The van der Waals surface area contributed by atoms with Crippen LogP contribution in [-0.4, -0.2) is 21.8 Å². The molecular formula is C13H9N3O3. The highest BCUT2D eigenvalue weighted by atomic mass is 16.2. The third-order valence-corrected chi connectivity index (χ3v) is 2.86. The van der Waals surface area contributed by atoms with Gasteiger partial charge >= 0.3 is 0 Å². The summed E-state index contributed by atoms with van der Waals surface area (Å²) < 4.78 is 0. The van der Waals surface area contributed by atoms with Gasteiger partial charge in [0.05, 0.1) is 11.1 Å². The first-order chi connectivity index (χ1) is 9.08. The van der Waals surface area contributed by atoms with Crippen molar-refractivity contribution < 1.29 is 9.59 Å². The van der Waals surface area contributed by atoms with E-state index in [1.165, 1.54) is 6.07 Å². The predicted octanol–water partition coefficient (Wildman–Crippen LogP) is 0.879. The number of aromatic nitrogens is 2. The maximum Gasteiger partial charge on any atom is 0.268 e. The second kappa shape index (κ2) is 3.88. The van der Waals surface area contributed by atoms with Gasteiger partial charge in [0.1, 0.15) is 0 Å². The average molecular weight is 255 g/mol. The Balaban J connectivity index is 2.16. The van der Waals surface area contributed by atoms with Gasteiger partial charge in [0.25, 0.3) is 17.4 Å². The van der Waals surface area contributed by atoms with Crippen molar-refractivity contribution in [2.24, 2.45) is 0 Å². The Labute approximate surface area is 107 Å². The molecular weight excluding hydrogens is 246 g/mol. The summed E-state index contributed by atoms with van der Waals surface area (Å²) in [6.45, 7) is 1.62. The van der Waals surface area contributed by atoms with Crippen molar-refractivity contribution in [3.8, 4) is 0 Å². The average Bonchev–Trinajstić information content (AvgIpc) is 2.61. The van der Waals surface area contributed by atoms with Crippen LogP contribution < -0.4 is 10.5 Å². The molecule has 0 unspecified atom stereocenters. The Morgan fingerprint density at radius 3 is 2.16 bits per heavy atom. The molecule has 2 aromatic rings. The van der Waals surface area contributed by atoms with Crippen LogP contribution in [0.4, 0.5) is 5.95 Å². The van der Waals surface area contributed by atoms with Crippen molar-refractivity contribution in [2.45, 2.75) is 6.92 Å². The largest absolute Gasteiger partial charge is 0.292 e. The number of rotatable bonds is 1. The minimum Gasteiger partial charge on any atom is -0.292 e. The molecule has 19 heavy (non-hydrogen) atoms. The molecule has 0 fully saturated rings. The Kier molecular flexibility index (Phi) is 2.31. The van der Waals surface area contributed by atoms with Gasteiger partial charge in [0.2, 0.25) is 5.95 Å². The lowest BCUT2D eigenvalue weighted by molar-refractivity contribution is 0.0924. The van der Waals surface area contributed by atoms with Crippen molar-refractivity contribution in [2.75, 3.05) is 4.90 Å². The topological polar surface area (TPSA) is 83.1 Å². The van der Waals surface area contributed by atoms with E-state index < -0.39 is 17.4 Å². The lowest BCUT2D eigenvalue weighted by Crippen LogP contribution is -2.32. The molecule has 2 heterocycles. The summed E-state index contributed by atoms with van der Waals surface area (Å²) >= 11 is 0. The Morgan fingerprint density at radius 2 is 1.63 bits per heavy atom. The zero-order chi connectivity index (χ0) is 13.6. The van der Waals surface area contributed by atoms with Crippen LogP contribution >= 0.6 is 0 Å². The molecule has 0 atom stereocenters. The molecule has 1 aliphatic rings. The zero-order valence-corrected chi connectivity index (χ0v) is 10.0. The quantitative estimate of drug-likeness (QED) is 0.767. The van der Waals surface area contributed by atoms with E-state index in [9.17, 15) is 14.4 Å². The number of nitrogens with one attached hydrogen (secondary N) is 1. The number of H-pyrrole nitrogens is 1. The monoisotopic (exact) mass is 255 g/mol. The number of aromatic amines is 1. The minimum absolute atomic E-state index is 0.0452. The van der Waals surface area contributed by atoms with Crippen LogP contribution in [-0.2, 0) is 0 Å². The maximum atomic E-state index is 12.2. The first kappa shape index (κ1) is 11.3. The molecule has 94 valence electrons. The van der Waals surface area contributed by atoms with Crippen LogP contribution in [0.2, 0.25) is 0 Å². The number of nitrogens with zero attached hydrogens (tertiary/aromatic N) is 2.